The molecule has 0 aromatic heterocycles. The van der Waals surface area contributed by atoms with Crippen LogP contribution in [0.3, 0.4) is 0 Å². The molecular weight excluding hydrogens is 210 g/mol. The van der Waals surface area contributed by atoms with Crippen LogP contribution >= 0.6 is 0 Å². The molecule has 2 saturated heterocycles. The maximum atomic E-state index is 6.04. The molecule has 3 heteroatoms. The van der Waals surface area contributed by atoms with E-state index in [0.29, 0.717) is 12.1 Å². The largest absolute Gasteiger partial charge is 0.328 e. The van der Waals surface area contributed by atoms with Crippen molar-refractivity contribution in [3.63, 3.8) is 0 Å². The van der Waals surface area contributed by atoms with Gasteiger partial charge in [0.2, 0.25) is 0 Å². The molecule has 0 spiro atoms. The Morgan fingerprint density at radius 3 is 2.41 bits per heavy atom. The van der Waals surface area contributed by atoms with Gasteiger partial charge in [-0.25, -0.2) is 0 Å². The Balaban J connectivity index is 1.80. The summed E-state index contributed by atoms with van der Waals surface area (Å²) in [6.07, 6.45) is 6.40. The minimum Gasteiger partial charge on any atom is -0.328 e. The molecule has 0 aliphatic carbocycles. The zero-order chi connectivity index (χ0) is 12.3. The first kappa shape index (κ1) is 13.3. The van der Waals surface area contributed by atoms with Crippen molar-refractivity contribution in [3.05, 3.63) is 0 Å². The van der Waals surface area contributed by atoms with Crippen molar-refractivity contribution in [2.45, 2.75) is 64.1 Å². The number of rotatable bonds is 3. The SMILES string of the molecule is CCCN1CCC(N2CCC(N)CC2C)CC1. The van der Waals surface area contributed by atoms with E-state index in [1.54, 1.807) is 0 Å². The molecule has 100 valence electrons. The highest BCUT2D eigenvalue weighted by Gasteiger charge is 2.30. The van der Waals surface area contributed by atoms with E-state index in [2.05, 4.69) is 23.6 Å². The highest BCUT2D eigenvalue weighted by Crippen LogP contribution is 2.24. The molecule has 2 unspecified atom stereocenters. The molecule has 0 bridgehead atoms. The summed E-state index contributed by atoms with van der Waals surface area (Å²) in [5.41, 5.74) is 6.04. The summed E-state index contributed by atoms with van der Waals surface area (Å²) < 4.78 is 0. The third-order valence-corrected chi connectivity index (χ3v) is 4.53. The monoisotopic (exact) mass is 239 g/mol. The fourth-order valence-electron chi connectivity index (χ4n) is 3.56. The molecule has 2 atom stereocenters. The Kier molecular flexibility index (Phi) is 4.83. The van der Waals surface area contributed by atoms with Crippen LogP contribution in [0.2, 0.25) is 0 Å². The predicted molar refractivity (Wildman–Crippen MR) is 73.1 cm³/mol. The molecule has 3 nitrogen and oxygen atoms in total. The smallest absolute Gasteiger partial charge is 0.0122 e. The number of hydrogen-bond acceptors (Lipinski definition) is 3. The normalized spacial score (nSPS) is 34.1. The van der Waals surface area contributed by atoms with Gasteiger partial charge in [-0.3, -0.25) is 4.90 Å². The van der Waals surface area contributed by atoms with E-state index in [1.165, 1.54) is 58.3 Å². The molecule has 0 aromatic rings. The van der Waals surface area contributed by atoms with Crippen molar-refractivity contribution in [2.24, 2.45) is 5.73 Å². The first-order valence-corrected chi connectivity index (χ1v) is 7.44. The summed E-state index contributed by atoms with van der Waals surface area (Å²) in [7, 11) is 0. The van der Waals surface area contributed by atoms with Gasteiger partial charge in [0.15, 0.2) is 0 Å². The lowest BCUT2D eigenvalue weighted by Gasteiger charge is -2.45. The Labute approximate surface area is 106 Å². The number of nitrogens with two attached hydrogens (primary N) is 1. The molecule has 2 heterocycles. The number of likely N-dealkylation sites (tertiary alicyclic amines) is 2. The van der Waals surface area contributed by atoms with Crippen LogP contribution < -0.4 is 5.73 Å². The number of hydrogen-bond donors (Lipinski definition) is 1. The number of nitrogens with zero attached hydrogens (tertiary/aromatic N) is 2. The Morgan fingerprint density at radius 2 is 1.82 bits per heavy atom. The van der Waals surface area contributed by atoms with Crippen LogP contribution in [0.25, 0.3) is 0 Å². The van der Waals surface area contributed by atoms with Gasteiger partial charge in [0, 0.05) is 24.7 Å². The second-order valence-electron chi connectivity index (χ2n) is 5.94. The molecule has 2 N–H and O–H groups in total. The summed E-state index contributed by atoms with van der Waals surface area (Å²) in [5, 5.41) is 0. The lowest BCUT2D eigenvalue weighted by atomic mass is 9.93. The Hall–Kier alpha value is -0.120. The third-order valence-electron chi connectivity index (χ3n) is 4.53. The van der Waals surface area contributed by atoms with E-state index in [1.807, 2.05) is 0 Å². The summed E-state index contributed by atoms with van der Waals surface area (Å²) >= 11 is 0. The molecule has 2 aliphatic rings. The predicted octanol–water partition coefficient (Wildman–Crippen LogP) is 1.67. The van der Waals surface area contributed by atoms with Gasteiger partial charge in [0.25, 0.3) is 0 Å². The molecule has 0 saturated carbocycles. The molecule has 2 rings (SSSR count). The second-order valence-corrected chi connectivity index (χ2v) is 5.94. The summed E-state index contributed by atoms with van der Waals surface area (Å²) in [6, 6.07) is 1.97. The zero-order valence-corrected chi connectivity index (χ0v) is 11.6. The van der Waals surface area contributed by atoms with E-state index in [-0.39, 0.29) is 0 Å². The number of piperidine rings is 2. The van der Waals surface area contributed by atoms with Gasteiger partial charge in [-0.2, -0.15) is 0 Å². The molecule has 0 radical (unpaired) electrons. The van der Waals surface area contributed by atoms with Crippen LogP contribution in [0.1, 0.15) is 46.0 Å². The molecular formula is C14H29N3. The van der Waals surface area contributed by atoms with Crippen molar-refractivity contribution in [1.82, 2.24) is 9.80 Å². The van der Waals surface area contributed by atoms with Gasteiger partial charge in [-0.05, 0) is 58.7 Å². The van der Waals surface area contributed by atoms with Crippen LogP contribution in [0, 0.1) is 0 Å². The molecule has 2 fully saturated rings. The minimum absolute atomic E-state index is 0.446. The van der Waals surface area contributed by atoms with Gasteiger partial charge >= 0.3 is 0 Å². The van der Waals surface area contributed by atoms with Gasteiger partial charge in [0.1, 0.15) is 0 Å². The van der Waals surface area contributed by atoms with Crippen LogP contribution in [-0.4, -0.2) is 54.1 Å². The van der Waals surface area contributed by atoms with Crippen LogP contribution in [0.5, 0.6) is 0 Å². The molecule has 17 heavy (non-hydrogen) atoms. The van der Waals surface area contributed by atoms with E-state index in [4.69, 9.17) is 5.73 Å². The second kappa shape index (κ2) is 6.17. The molecule has 2 aliphatic heterocycles. The summed E-state index contributed by atoms with van der Waals surface area (Å²) in [4.78, 5) is 5.35. The molecule has 0 aromatic carbocycles. The fourth-order valence-corrected chi connectivity index (χ4v) is 3.56. The van der Waals surface area contributed by atoms with E-state index >= 15 is 0 Å². The maximum absolute atomic E-state index is 6.04. The molecule has 0 amide bonds. The zero-order valence-electron chi connectivity index (χ0n) is 11.6. The van der Waals surface area contributed by atoms with Crippen molar-refractivity contribution < 1.29 is 0 Å². The van der Waals surface area contributed by atoms with E-state index in [9.17, 15) is 0 Å². The van der Waals surface area contributed by atoms with Crippen LogP contribution in [0.15, 0.2) is 0 Å². The Morgan fingerprint density at radius 1 is 1.12 bits per heavy atom. The van der Waals surface area contributed by atoms with Crippen LogP contribution in [-0.2, 0) is 0 Å². The van der Waals surface area contributed by atoms with Crippen molar-refractivity contribution in [1.29, 1.82) is 0 Å². The first-order valence-electron chi connectivity index (χ1n) is 7.44. The summed E-state index contributed by atoms with van der Waals surface area (Å²) in [5.74, 6) is 0. The highest BCUT2D eigenvalue weighted by molar-refractivity contribution is 4.88. The quantitative estimate of drug-likeness (QED) is 0.813. The van der Waals surface area contributed by atoms with Crippen LogP contribution in [0.4, 0.5) is 0 Å². The van der Waals surface area contributed by atoms with Gasteiger partial charge in [-0.15, -0.1) is 0 Å². The lowest BCUT2D eigenvalue weighted by Crippen LogP contribution is -2.53. The average molecular weight is 239 g/mol. The standard InChI is InChI=1S/C14H29N3/c1-3-7-16-8-5-14(6-9-16)17-10-4-13(15)11-12(17)2/h12-14H,3-11,15H2,1-2H3. The van der Waals surface area contributed by atoms with Gasteiger partial charge in [-0.1, -0.05) is 6.92 Å². The minimum atomic E-state index is 0.446. The van der Waals surface area contributed by atoms with Crippen molar-refractivity contribution in [2.75, 3.05) is 26.2 Å². The van der Waals surface area contributed by atoms with Crippen molar-refractivity contribution >= 4 is 0 Å². The Bertz CT molecular complexity index is 224. The maximum Gasteiger partial charge on any atom is 0.0122 e. The lowest BCUT2D eigenvalue weighted by molar-refractivity contribution is 0.0521. The first-order chi connectivity index (χ1) is 8.20. The van der Waals surface area contributed by atoms with Crippen molar-refractivity contribution in [3.8, 4) is 0 Å². The third kappa shape index (κ3) is 3.43. The van der Waals surface area contributed by atoms with Gasteiger partial charge in [0.05, 0.1) is 0 Å². The van der Waals surface area contributed by atoms with E-state index in [0.717, 1.165) is 6.04 Å². The fraction of sp³-hybridized carbons (Fsp3) is 1.00. The highest BCUT2D eigenvalue weighted by atomic mass is 15.2. The van der Waals surface area contributed by atoms with E-state index < -0.39 is 0 Å². The van der Waals surface area contributed by atoms with Gasteiger partial charge < -0.3 is 10.6 Å². The average Bonchev–Trinajstić information content (AvgIpc) is 2.31. The topological polar surface area (TPSA) is 32.5 Å². The summed E-state index contributed by atoms with van der Waals surface area (Å²) in [6.45, 7) is 9.74.